The van der Waals surface area contributed by atoms with Crippen molar-refractivity contribution in [2.24, 2.45) is 11.5 Å². The van der Waals surface area contributed by atoms with Gasteiger partial charge in [0.1, 0.15) is 0 Å². The second-order valence-corrected chi connectivity index (χ2v) is 4.79. The normalized spacial score (nSPS) is 19.1. The summed E-state index contributed by atoms with van der Waals surface area (Å²) in [4.78, 5) is 0. The highest BCUT2D eigenvalue weighted by molar-refractivity contribution is 4.61. The van der Waals surface area contributed by atoms with Gasteiger partial charge in [0.15, 0.2) is 0 Å². The predicted molar refractivity (Wildman–Crippen MR) is 67.4 cm³/mol. The van der Waals surface area contributed by atoms with Gasteiger partial charge in [-0.15, -0.1) is 0 Å². The van der Waals surface area contributed by atoms with Gasteiger partial charge in [-0.05, 0) is 40.5 Å². The van der Waals surface area contributed by atoms with Crippen LogP contribution < -0.4 is 11.5 Å². The van der Waals surface area contributed by atoms with Gasteiger partial charge in [0.05, 0.1) is 25.4 Å². The molecule has 0 aromatic heterocycles. The minimum atomic E-state index is 0.188. The van der Waals surface area contributed by atoms with E-state index >= 15 is 0 Å². The van der Waals surface area contributed by atoms with E-state index in [1.54, 1.807) is 0 Å². The molecular weight excluding hydrogens is 204 g/mol. The van der Waals surface area contributed by atoms with E-state index in [2.05, 4.69) is 0 Å². The van der Waals surface area contributed by atoms with E-state index in [-0.39, 0.29) is 24.3 Å². The topological polar surface area (TPSA) is 70.5 Å². The third-order valence-corrected chi connectivity index (χ3v) is 2.30. The number of nitrogens with two attached hydrogens (primary N) is 2. The van der Waals surface area contributed by atoms with Gasteiger partial charge in [-0.25, -0.2) is 0 Å². The van der Waals surface area contributed by atoms with Crippen LogP contribution in [0.1, 0.15) is 40.5 Å². The molecule has 0 fully saturated rings. The van der Waals surface area contributed by atoms with E-state index < -0.39 is 0 Å². The number of ether oxygens (including phenoxy) is 2. The Bertz CT molecular complexity index is 145. The summed E-state index contributed by atoms with van der Waals surface area (Å²) in [5.74, 6) is 0. The average molecular weight is 232 g/mol. The van der Waals surface area contributed by atoms with Gasteiger partial charge in [0, 0.05) is 12.1 Å². The summed E-state index contributed by atoms with van der Waals surface area (Å²) in [6, 6.07) is 0.376. The molecule has 0 spiro atoms. The summed E-state index contributed by atoms with van der Waals surface area (Å²) in [6.07, 6.45) is 2.17. The summed E-state index contributed by atoms with van der Waals surface area (Å²) in [7, 11) is 0. The third kappa shape index (κ3) is 10.4. The van der Waals surface area contributed by atoms with Crippen LogP contribution in [0.25, 0.3) is 0 Å². The molecule has 98 valence electrons. The Morgan fingerprint density at radius 3 is 1.31 bits per heavy atom. The molecule has 0 aliphatic rings. The SMILES string of the molecule is CC(N)CC(C)OCCOC(C)CC(C)N. The molecule has 0 aliphatic heterocycles. The zero-order valence-corrected chi connectivity index (χ0v) is 11.1. The second kappa shape index (κ2) is 8.93. The van der Waals surface area contributed by atoms with E-state index in [1.807, 2.05) is 27.7 Å². The fourth-order valence-electron chi connectivity index (χ4n) is 1.68. The van der Waals surface area contributed by atoms with Gasteiger partial charge in [-0.2, -0.15) is 0 Å². The highest BCUT2D eigenvalue weighted by atomic mass is 16.5. The molecule has 0 radical (unpaired) electrons. The Morgan fingerprint density at radius 2 is 1.06 bits per heavy atom. The first-order valence-corrected chi connectivity index (χ1v) is 6.16. The highest BCUT2D eigenvalue weighted by Gasteiger charge is 2.07. The zero-order chi connectivity index (χ0) is 12.6. The zero-order valence-electron chi connectivity index (χ0n) is 11.1. The molecule has 4 N–H and O–H groups in total. The lowest BCUT2D eigenvalue weighted by Crippen LogP contribution is -2.26. The van der Waals surface area contributed by atoms with Gasteiger partial charge >= 0.3 is 0 Å². The smallest absolute Gasteiger partial charge is 0.0704 e. The molecule has 0 amide bonds. The first-order valence-electron chi connectivity index (χ1n) is 6.16. The van der Waals surface area contributed by atoms with Gasteiger partial charge in [0.25, 0.3) is 0 Å². The van der Waals surface area contributed by atoms with Crippen LogP contribution in [0.4, 0.5) is 0 Å². The van der Waals surface area contributed by atoms with Crippen molar-refractivity contribution < 1.29 is 9.47 Å². The molecule has 0 aromatic rings. The Labute approximate surface area is 99.7 Å². The summed E-state index contributed by atoms with van der Waals surface area (Å²) < 4.78 is 11.1. The van der Waals surface area contributed by atoms with Gasteiger partial charge < -0.3 is 20.9 Å². The van der Waals surface area contributed by atoms with E-state index in [9.17, 15) is 0 Å². The van der Waals surface area contributed by atoms with Crippen LogP contribution in [0.3, 0.4) is 0 Å². The van der Waals surface area contributed by atoms with Crippen molar-refractivity contribution >= 4 is 0 Å². The number of rotatable bonds is 9. The maximum atomic E-state index is 5.68. The van der Waals surface area contributed by atoms with Gasteiger partial charge in [0.2, 0.25) is 0 Å². The molecule has 0 saturated heterocycles. The highest BCUT2D eigenvalue weighted by Crippen LogP contribution is 2.02. The molecule has 0 bridgehead atoms. The van der Waals surface area contributed by atoms with Crippen molar-refractivity contribution in [2.45, 2.75) is 64.8 Å². The van der Waals surface area contributed by atoms with Crippen LogP contribution in [-0.4, -0.2) is 37.5 Å². The lowest BCUT2D eigenvalue weighted by molar-refractivity contribution is -0.0181. The van der Waals surface area contributed by atoms with Crippen LogP contribution >= 0.6 is 0 Å². The fraction of sp³-hybridized carbons (Fsp3) is 1.00. The lowest BCUT2D eigenvalue weighted by atomic mass is 10.2. The van der Waals surface area contributed by atoms with Crippen molar-refractivity contribution in [2.75, 3.05) is 13.2 Å². The van der Waals surface area contributed by atoms with Gasteiger partial charge in [-0.3, -0.25) is 0 Å². The number of hydrogen-bond donors (Lipinski definition) is 2. The molecule has 16 heavy (non-hydrogen) atoms. The summed E-state index contributed by atoms with van der Waals surface area (Å²) in [6.45, 7) is 9.29. The monoisotopic (exact) mass is 232 g/mol. The largest absolute Gasteiger partial charge is 0.376 e. The molecule has 4 unspecified atom stereocenters. The van der Waals surface area contributed by atoms with E-state index in [4.69, 9.17) is 20.9 Å². The lowest BCUT2D eigenvalue weighted by Gasteiger charge is -2.18. The van der Waals surface area contributed by atoms with Crippen molar-refractivity contribution in [1.82, 2.24) is 0 Å². The standard InChI is InChI=1S/C12H28N2O2/c1-9(13)7-11(3)15-5-6-16-12(4)8-10(2)14/h9-12H,5-8,13-14H2,1-4H3. The molecule has 0 saturated carbocycles. The first-order chi connectivity index (χ1) is 7.41. The molecule has 4 nitrogen and oxygen atoms in total. The third-order valence-electron chi connectivity index (χ3n) is 2.30. The molecule has 0 rings (SSSR count). The van der Waals surface area contributed by atoms with Crippen LogP contribution in [-0.2, 0) is 9.47 Å². The van der Waals surface area contributed by atoms with Crippen molar-refractivity contribution in [1.29, 1.82) is 0 Å². The van der Waals surface area contributed by atoms with Gasteiger partial charge in [-0.1, -0.05) is 0 Å². The van der Waals surface area contributed by atoms with Crippen molar-refractivity contribution in [3.63, 3.8) is 0 Å². The Kier molecular flexibility index (Phi) is 8.84. The summed E-state index contributed by atoms with van der Waals surface area (Å²) >= 11 is 0. The van der Waals surface area contributed by atoms with Crippen LogP contribution in [0.15, 0.2) is 0 Å². The Morgan fingerprint density at radius 1 is 0.750 bits per heavy atom. The van der Waals surface area contributed by atoms with E-state index in [0.29, 0.717) is 13.2 Å². The molecule has 0 aliphatic carbocycles. The predicted octanol–water partition coefficient (Wildman–Crippen LogP) is 1.27. The van der Waals surface area contributed by atoms with Crippen LogP contribution in [0, 0.1) is 0 Å². The summed E-state index contributed by atoms with van der Waals surface area (Å²) in [5, 5.41) is 0. The molecule has 4 atom stereocenters. The molecule has 0 heterocycles. The Balaban J connectivity index is 3.38. The molecule has 0 aromatic carbocycles. The molecule has 4 heteroatoms. The van der Waals surface area contributed by atoms with Crippen molar-refractivity contribution in [3.05, 3.63) is 0 Å². The minimum Gasteiger partial charge on any atom is -0.376 e. The second-order valence-electron chi connectivity index (χ2n) is 4.79. The quantitative estimate of drug-likeness (QED) is 0.587. The van der Waals surface area contributed by atoms with Crippen LogP contribution in [0.5, 0.6) is 0 Å². The number of hydrogen-bond acceptors (Lipinski definition) is 4. The first kappa shape index (κ1) is 15.8. The van der Waals surface area contributed by atoms with Crippen LogP contribution in [0.2, 0.25) is 0 Å². The fourth-order valence-corrected chi connectivity index (χ4v) is 1.68. The van der Waals surface area contributed by atoms with E-state index in [0.717, 1.165) is 12.8 Å². The minimum absolute atomic E-state index is 0.188. The van der Waals surface area contributed by atoms with Crippen molar-refractivity contribution in [3.8, 4) is 0 Å². The molecular formula is C12H28N2O2. The maximum absolute atomic E-state index is 5.68. The maximum Gasteiger partial charge on any atom is 0.0704 e. The average Bonchev–Trinajstić information content (AvgIpc) is 2.10. The summed E-state index contributed by atoms with van der Waals surface area (Å²) in [5.41, 5.74) is 11.4. The Hall–Kier alpha value is -0.160. The van der Waals surface area contributed by atoms with E-state index in [1.165, 1.54) is 0 Å².